The number of aryl methyl sites for hydroxylation is 1. The highest BCUT2D eigenvalue weighted by atomic mass is 16.3. The fourth-order valence-electron chi connectivity index (χ4n) is 3.23. The number of anilines is 1. The monoisotopic (exact) mass is 274 g/mol. The van der Waals surface area contributed by atoms with E-state index in [1.54, 1.807) is 6.33 Å². The molecule has 1 aliphatic rings. The Morgan fingerprint density at radius 2 is 2.15 bits per heavy atom. The third-order valence-corrected chi connectivity index (χ3v) is 3.97. The maximum Gasteiger partial charge on any atom is 0.143 e. The molecular formula is C15H22N4O. The molecule has 20 heavy (non-hydrogen) atoms. The van der Waals surface area contributed by atoms with Gasteiger partial charge >= 0.3 is 0 Å². The van der Waals surface area contributed by atoms with Gasteiger partial charge in [0.05, 0.1) is 24.1 Å². The molecule has 2 N–H and O–H groups in total. The van der Waals surface area contributed by atoms with Gasteiger partial charge in [-0.25, -0.2) is 9.97 Å². The maximum absolute atomic E-state index is 10.5. The standard InChI is InChI=1S/C15H22N4O/c1-4-11-6-16-13-12(11)14(18-9-17-13)19-7-15(20,8-19)5-10(2)3/h6,9-10,20H,4-5,7-8H2,1-3H3,(H,16,17,18). The van der Waals surface area contributed by atoms with Crippen LogP contribution in [0, 0.1) is 5.92 Å². The summed E-state index contributed by atoms with van der Waals surface area (Å²) in [7, 11) is 0. The second kappa shape index (κ2) is 4.74. The molecule has 3 heterocycles. The van der Waals surface area contributed by atoms with E-state index in [0.29, 0.717) is 19.0 Å². The molecule has 0 spiro atoms. The van der Waals surface area contributed by atoms with Crippen molar-refractivity contribution in [2.45, 2.75) is 39.2 Å². The van der Waals surface area contributed by atoms with Gasteiger partial charge in [0.1, 0.15) is 17.8 Å². The largest absolute Gasteiger partial charge is 0.386 e. The minimum atomic E-state index is -0.561. The number of aliphatic hydroxyl groups is 1. The van der Waals surface area contributed by atoms with Crippen LogP contribution >= 0.6 is 0 Å². The van der Waals surface area contributed by atoms with Crippen LogP contribution in [0.2, 0.25) is 0 Å². The number of nitrogens with zero attached hydrogens (tertiary/aromatic N) is 3. The number of aromatic amines is 1. The van der Waals surface area contributed by atoms with E-state index in [-0.39, 0.29) is 0 Å². The highest BCUT2D eigenvalue weighted by Crippen LogP contribution is 2.35. The van der Waals surface area contributed by atoms with Gasteiger partial charge in [-0.1, -0.05) is 20.8 Å². The van der Waals surface area contributed by atoms with Gasteiger partial charge in [-0.2, -0.15) is 0 Å². The number of rotatable bonds is 4. The Morgan fingerprint density at radius 3 is 2.80 bits per heavy atom. The van der Waals surface area contributed by atoms with E-state index >= 15 is 0 Å². The fraction of sp³-hybridized carbons (Fsp3) is 0.600. The molecule has 1 aliphatic heterocycles. The second-order valence-electron chi connectivity index (χ2n) is 6.27. The Hall–Kier alpha value is -1.62. The maximum atomic E-state index is 10.5. The summed E-state index contributed by atoms with van der Waals surface area (Å²) in [6.07, 6.45) is 5.38. The van der Waals surface area contributed by atoms with Gasteiger partial charge in [0, 0.05) is 6.20 Å². The average molecular weight is 274 g/mol. The summed E-state index contributed by atoms with van der Waals surface area (Å²) < 4.78 is 0. The lowest BCUT2D eigenvalue weighted by Crippen LogP contribution is -2.62. The molecule has 1 fully saturated rings. The van der Waals surface area contributed by atoms with Crippen molar-refractivity contribution in [3.05, 3.63) is 18.1 Å². The molecular weight excluding hydrogens is 252 g/mol. The van der Waals surface area contributed by atoms with E-state index in [9.17, 15) is 5.11 Å². The predicted molar refractivity (Wildman–Crippen MR) is 79.9 cm³/mol. The number of hydrogen-bond acceptors (Lipinski definition) is 4. The Balaban J connectivity index is 1.88. The minimum Gasteiger partial charge on any atom is -0.386 e. The molecule has 0 unspecified atom stereocenters. The zero-order valence-electron chi connectivity index (χ0n) is 12.3. The van der Waals surface area contributed by atoms with Crippen LogP contribution in [0.5, 0.6) is 0 Å². The van der Waals surface area contributed by atoms with Crippen LogP contribution < -0.4 is 4.90 Å². The van der Waals surface area contributed by atoms with Crippen molar-refractivity contribution in [2.24, 2.45) is 5.92 Å². The second-order valence-corrected chi connectivity index (χ2v) is 6.27. The first-order valence-corrected chi connectivity index (χ1v) is 7.30. The molecule has 0 amide bonds. The zero-order chi connectivity index (χ0) is 14.3. The molecule has 0 aliphatic carbocycles. The summed E-state index contributed by atoms with van der Waals surface area (Å²) in [4.78, 5) is 14.1. The van der Waals surface area contributed by atoms with Crippen molar-refractivity contribution in [3.8, 4) is 0 Å². The molecule has 1 saturated heterocycles. The van der Waals surface area contributed by atoms with Gasteiger partial charge in [0.2, 0.25) is 0 Å². The molecule has 5 heteroatoms. The number of fused-ring (bicyclic) bond motifs is 1. The molecule has 0 saturated carbocycles. The molecule has 0 radical (unpaired) electrons. The van der Waals surface area contributed by atoms with Gasteiger partial charge < -0.3 is 15.0 Å². The third-order valence-electron chi connectivity index (χ3n) is 3.97. The normalized spacial score (nSPS) is 17.8. The summed E-state index contributed by atoms with van der Waals surface area (Å²) in [5.74, 6) is 1.45. The van der Waals surface area contributed by atoms with Crippen molar-refractivity contribution in [1.29, 1.82) is 0 Å². The number of β-amino-alcohol motifs (C(OH)–C–C–N with tert-alkyl or cyclic N) is 1. The van der Waals surface area contributed by atoms with Crippen LogP contribution in [-0.4, -0.2) is 38.7 Å². The number of hydrogen-bond donors (Lipinski definition) is 2. The van der Waals surface area contributed by atoms with E-state index in [1.807, 2.05) is 6.20 Å². The highest BCUT2D eigenvalue weighted by Gasteiger charge is 2.42. The van der Waals surface area contributed by atoms with Crippen LogP contribution in [0.1, 0.15) is 32.8 Å². The van der Waals surface area contributed by atoms with Crippen LogP contribution in [0.25, 0.3) is 11.0 Å². The van der Waals surface area contributed by atoms with E-state index in [0.717, 1.165) is 29.7 Å². The molecule has 2 aromatic rings. The first kappa shape index (κ1) is 13.4. The quantitative estimate of drug-likeness (QED) is 0.896. The van der Waals surface area contributed by atoms with Crippen molar-refractivity contribution < 1.29 is 5.11 Å². The first-order chi connectivity index (χ1) is 9.52. The van der Waals surface area contributed by atoms with Gasteiger partial charge in [-0.15, -0.1) is 0 Å². The highest BCUT2D eigenvalue weighted by molar-refractivity contribution is 5.91. The van der Waals surface area contributed by atoms with Crippen molar-refractivity contribution >= 4 is 16.9 Å². The molecule has 108 valence electrons. The van der Waals surface area contributed by atoms with E-state index in [1.165, 1.54) is 5.56 Å². The molecule has 2 aromatic heterocycles. The van der Waals surface area contributed by atoms with Crippen molar-refractivity contribution in [3.63, 3.8) is 0 Å². The Morgan fingerprint density at radius 1 is 1.40 bits per heavy atom. The summed E-state index contributed by atoms with van der Waals surface area (Å²) >= 11 is 0. The van der Waals surface area contributed by atoms with E-state index < -0.39 is 5.60 Å². The van der Waals surface area contributed by atoms with Crippen LogP contribution in [-0.2, 0) is 6.42 Å². The lowest BCUT2D eigenvalue weighted by molar-refractivity contribution is -0.00685. The Kier molecular flexibility index (Phi) is 3.17. The van der Waals surface area contributed by atoms with Crippen molar-refractivity contribution in [1.82, 2.24) is 15.0 Å². The van der Waals surface area contributed by atoms with E-state index in [4.69, 9.17) is 0 Å². The fourth-order valence-corrected chi connectivity index (χ4v) is 3.23. The van der Waals surface area contributed by atoms with Crippen LogP contribution in [0.15, 0.2) is 12.5 Å². The zero-order valence-corrected chi connectivity index (χ0v) is 12.3. The minimum absolute atomic E-state index is 0.506. The average Bonchev–Trinajstić information content (AvgIpc) is 2.77. The molecule has 0 bridgehead atoms. The smallest absolute Gasteiger partial charge is 0.143 e. The lowest BCUT2D eigenvalue weighted by Gasteiger charge is -2.48. The van der Waals surface area contributed by atoms with Crippen LogP contribution in [0.4, 0.5) is 5.82 Å². The molecule has 3 rings (SSSR count). The molecule has 5 nitrogen and oxygen atoms in total. The van der Waals surface area contributed by atoms with Gasteiger partial charge in [-0.3, -0.25) is 0 Å². The summed E-state index contributed by atoms with van der Waals surface area (Å²) in [5.41, 5.74) is 1.55. The Bertz CT molecular complexity index is 613. The topological polar surface area (TPSA) is 65.0 Å². The first-order valence-electron chi connectivity index (χ1n) is 7.30. The Labute approximate surface area is 119 Å². The predicted octanol–water partition coefficient (Wildman–Crippen LogP) is 2.12. The molecule has 0 aromatic carbocycles. The summed E-state index contributed by atoms with van der Waals surface area (Å²) in [6, 6.07) is 0. The van der Waals surface area contributed by atoms with Gasteiger partial charge in [0.15, 0.2) is 0 Å². The number of H-pyrrole nitrogens is 1. The number of aromatic nitrogens is 3. The van der Waals surface area contributed by atoms with Gasteiger partial charge in [-0.05, 0) is 24.3 Å². The summed E-state index contributed by atoms with van der Waals surface area (Å²) in [5, 5.41) is 11.6. The molecule has 0 atom stereocenters. The SMILES string of the molecule is CCc1c[nH]c2ncnc(N3CC(O)(CC(C)C)C3)c12. The third kappa shape index (κ3) is 2.16. The van der Waals surface area contributed by atoms with Crippen molar-refractivity contribution in [2.75, 3.05) is 18.0 Å². The van der Waals surface area contributed by atoms with E-state index in [2.05, 4.69) is 40.6 Å². The summed E-state index contributed by atoms with van der Waals surface area (Å²) in [6.45, 7) is 7.73. The van der Waals surface area contributed by atoms with Crippen LogP contribution in [0.3, 0.4) is 0 Å². The lowest BCUT2D eigenvalue weighted by atomic mass is 9.85. The number of nitrogens with one attached hydrogen (secondary N) is 1. The van der Waals surface area contributed by atoms with Gasteiger partial charge in [0.25, 0.3) is 0 Å².